The van der Waals surface area contributed by atoms with E-state index in [2.05, 4.69) is 47.9 Å². The van der Waals surface area contributed by atoms with Crippen molar-refractivity contribution in [3.63, 3.8) is 0 Å². The maximum Gasteiger partial charge on any atom is 0.188 e. The lowest BCUT2D eigenvalue weighted by atomic mass is 10.0. The number of aliphatic imine (C=N–C) groups is 1. The lowest BCUT2D eigenvalue weighted by Gasteiger charge is -2.39. The Balaban J connectivity index is 0.00000484. The second-order valence-electron chi connectivity index (χ2n) is 6.86. The zero-order valence-corrected chi connectivity index (χ0v) is 17.9. The van der Waals surface area contributed by atoms with E-state index in [1.165, 1.54) is 25.7 Å². The van der Waals surface area contributed by atoms with E-state index in [0.29, 0.717) is 17.9 Å². The van der Waals surface area contributed by atoms with Crippen molar-refractivity contribution < 1.29 is 0 Å². The maximum absolute atomic E-state index is 6.00. The largest absolute Gasteiger partial charge is 0.370 e. The normalized spacial score (nSPS) is 18.7. The van der Waals surface area contributed by atoms with Crippen LogP contribution in [0.3, 0.4) is 0 Å². The van der Waals surface area contributed by atoms with Gasteiger partial charge < -0.3 is 16.0 Å². The molecule has 1 atom stereocenters. The van der Waals surface area contributed by atoms with Crippen LogP contribution >= 0.6 is 24.0 Å². The van der Waals surface area contributed by atoms with Gasteiger partial charge in [0.05, 0.1) is 6.54 Å². The highest BCUT2D eigenvalue weighted by Gasteiger charge is 2.24. The van der Waals surface area contributed by atoms with Gasteiger partial charge >= 0.3 is 0 Å². The number of rotatable bonds is 9. The van der Waals surface area contributed by atoms with E-state index in [9.17, 15) is 0 Å². The smallest absolute Gasteiger partial charge is 0.188 e. The van der Waals surface area contributed by atoms with Crippen LogP contribution in [0, 0.1) is 5.92 Å². The Morgan fingerprint density at radius 1 is 1.13 bits per heavy atom. The molecule has 0 aromatic rings. The van der Waals surface area contributed by atoms with Crippen molar-refractivity contribution in [3.05, 3.63) is 0 Å². The lowest BCUT2D eigenvalue weighted by molar-refractivity contribution is 0.0925. The fourth-order valence-electron chi connectivity index (χ4n) is 2.92. The molecule has 1 heterocycles. The van der Waals surface area contributed by atoms with Crippen LogP contribution in [0.5, 0.6) is 0 Å². The summed E-state index contributed by atoms with van der Waals surface area (Å²) in [6.07, 6.45) is 5.02. The van der Waals surface area contributed by atoms with E-state index in [1.807, 2.05) is 0 Å². The minimum Gasteiger partial charge on any atom is -0.370 e. The van der Waals surface area contributed by atoms with Crippen molar-refractivity contribution in [2.45, 2.75) is 52.5 Å². The zero-order valence-electron chi connectivity index (χ0n) is 15.6. The van der Waals surface area contributed by atoms with Crippen LogP contribution in [0.4, 0.5) is 0 Å². The molecule has 1 aliphatic rings. The first-order chi connectivity index (χ1) is 10.5. The average Bonchev–Trinajstić information content (AvgIpc) is 2.48. The highest BCUT2D eigenvalue weighted by atomic mass is 127. The molecule has 0 bridgehead atoms. The molecule has 0 amide bonds. The Morgan fingerprint density at radius 3 is 2.35 bits per heavy atom. The molecule has 1 rings (SSSR count). The summed E-state index contributed by atoms with van der Waals surface area (Å²) in [5.41, 5.74) is 6.00. The summed E-state index contributed by atoms with van der Waals surface area (Å²) < 4.78 is 0. The Kier molecular flexibility index (Phi) is 13.2. The summed E-state index contributed by atoms with van der Waals surface area (Å²) in [6.45, 7) is 13.1. The fourth-order valence-corrected chi connectivity index (χ4v) is 2.92. The quantitative estimate of drug-likeness (QED) is 0.251. The molecule has 23 heavy (non-hydrogen) atoms. The Labute approximate surface area is 160 Å². The van der Waals surface area contributed by atoms with Gasteiger partial charge in [0.15, 0.2) is 5.96 Å². The lowest BCUT2D eigenvalue weighted by Crippen LogP contribution is -2.52. The second kappa shape index (κ2) is 13.2. The van der Waals surface area contributed by atoms with Crippen molar-refractivity contribution >= 4 is 29.9 Å². The van der Waals surface area contributed by atoms with Gasteiger partial charge in [-0.2, -0.15) is 0 Å². The third-order valence-electron chi connectivity index (χ3n) is 4.56. The third kappa shape index (κ3) is 9.72. The van der Waals surface area contributed by atoms with Crippen molar-refractivity contribution in [1.82, 2.24) is 15.1 Å². The highest BCUT2D eigenvalue weighted by molar-refractivity contribution is 14.0. The van der Waals surface area contributed by atoms with E-state index in [-0.39, 0.29) is 24.0 Å². The maximum atomic E-state index is 6.00. The fraction of sp³-hybridized carbons (Fsp3) is 0.941. The summed E-state index contributed by atoms with van der Waals surface area (Å²) in [4.78, 5) is 9.55. The monoisotopic (exact) mass is 439 g/mol. The van der Waals surface area contributed by atoms with Crippen LogP contribution in [0.15, 0.2) is 4.99 Å². The molecule has 0 radical (unpaired) electrons. The van der Waals surface area contributed by atoms with E-state index >= 15 is 0 Å². The van der Waals surface area contributed by atoms with Crippen molar-refractivity contribution in [3.8, 4) is 0 Å². The molecule has 0 spiro atoms. The van der Waals surface area contributed by atoms with Gasteiger partial charge in [0, 0.05) is 38.8 Å². The number of hydrogen-bond donors (Lipinski definition) is 2. The van der Waals surface area contributed by atoms with Gasteiger partial charge in [0.1, 0.15) is 0 Å². The van der Waals surface area contributed by atoms with Gasteiger partial charge in [-0.3, -0.25) is 9.89 Å². The van der Waals surface area contributed by atoms with Gasteiger partial charge in [0.25, 0.3) is 0 Å². The molecule has 1 saturated heterocycles. The number of piperazine rings is 1. The van der Waals surface area contributed by atoms with Crippen LogP contribution in [0.25, 0.3) is 0 Å². The Morgan fingerprint density at radius 2 is 1.78 bits per heavy atom. The summed E-state index contributed by atoms with van der Waals surface area (Å²) in [7, 11) is 2.19. The number of guanidine groups is 1. The minimum atomic E-state index is 0. The zero-order chi connectivity index (χ0) is 16.4. The predicted octanol–water partition coefficient (Wildman–Crippen LogP) is 2.36. The van der Waals surface area contributed by atoms with Gasteiger partial charge in [-0.15, -0.1) is 24.0 Å². The van der Waals surface area contributed by atoms with E-state index in [1.54, 1.807) is 0 Å². The van der Waals surface area contributed by atoms with Crippen LogP contribution in [-0.2, 0) is 0 Å². The van der Waals surface area contributed by atoms with Crippen LogP contribution in [-0.4, -0.2) is 68.1 Å². The molecule has 3 N–H and O–H groups in total. The number of likely N-dealkylation sites (N-methyl/N-ethyl adjacent to an activating group) is 1. The van der Waals surface area contributed by atoms with E-state index in [0.717, 1.165) is 39.3 Å². The van der Waals surface area contributed by atoms with Gasteiger partial charge in [-0.25, -0.2) is 0 Å². The summed E-state index contributed by atoms with van der Waals surface area (Å²) >= 11 is 0. The number of unbranched alkanes of at least 4 members (excludes halogenated alkanes) is 3. The molecule has 6 heteroatoms. The average molecular weight is 439 g/mol. The molecular formula is C17H38IN5. The minimum absolute atomic E-state index is 0. The molecule has 138 valence electrons. The molecule has 0 aromatic heterocycles. The summed E-state index contributed by atoms with van der Waals surface area (Å²) in [6, 6.07) is 0.495. The molecule has 0 aromatic carbocycles. The first kappa shape index (κ1) is 22.9. The van der Waals surface area contributed by atoms with Crippen LogP contribution in [0.2, 0.25) is 0 Å². The molecule has 1 unspecified atom stereocenters. The number of halogens is 1. The standard InChI is InChI=1S/C17H37N5.HI/c1-5-6-7-8-9-19-17(18)20-14-16(15(2)3)22-12-10-21(4)11-13-22;/h15-16H,5-14H2,1-4H3,(H3,18,19,20);1H. The molecule has 5 nitrogen and oxygen atoms in total. The third-order valence-corrected chi connectivity index (χ3v) is 4.56. The summed E-state index contributed by atoms with van der Waals surface area (Å²) in [5, 5.41) is 3.25. The molecule has 1 aliphatic heterocycles. The number of nitrogens with one attached hydrogen (secondary N) is 1. The second-order valence-corrected chi connectivity index (χ2v) is 6.86. The predicted molar refractivity (Wildman–Crippen MR) is 112 cm³/mol. The van der Waals surface area contributed by atoms with Crippen LogP contribution < -0.4 is 11.1 Å². The van der Waals surface area contributed by atoms with Crippen molar-refractivity contribution in [2.75, 3.05) is 46.3 Å². The van der Waals surface area contributed by atoms with Gasteiger partial charge in [0.2, 0.25) is 0 Å². The van der Waals surface area contributed by atoms with E-state index < -0.39 is 0 Å². The highest BCUT2D eigenvalue weighted by Crippen LogP contribution is 2.13. The van der Waals surface area contributed by atoms with Gasteiger partial charge in [-0.1, -0.05) is 40.0 Å². The van der Waals surface area contributed by atoms with E-state index in [4.69, 9.17) is 5.73 Å². The topological polar surface area (TPSA) is 56.9 Å². The first-order valence-electron chi connectivity index (χ1n) is 9.01. The SMILES string of the molecule is CCCCCCNC(N)=NCC(C(C)C)N1CCN(C)CC1.I. The Bertz CT molecular complexity index is 314. The van der Waals surface area contributed by atoms with Crippen molar-refractivity contribution in [2.24, 2.45) is 16.6 Å². The molecule has 0 saturated carbocycles. The molecular weight excluding hydrogens is 401 g/mol. The Hall–Kier alpha value is -0.0800. The van der Waals surface area contributed by atoms with Crippen LogP contribution in [0.1, 0.15) is 46.5 Å². The summed E-state index contributed by atoms with van der Waals surface area (Å²) in [5.74, 6) is 1.21. The number of nitrogens with zero attached hydrogens (tertiary/aromatic N) is 3. The molecule has 0 aliphatic carbocycles. The molecule has 1 fully saturated rings. The first-order valence-corrected chi connectivity index (χ1v) is 9.01. The van der Waals surface area contributed by atoms with Gasteiger partial charge in [-0.05, 0) is 19.4 Å². The number of nitrogens with two attached hydrogens (primary N) is 1. The number of hydrogen-bond acceptors (Lipinski definition) is 3. The van der Waals surface area contributed by atoms with Crippen molar-refractivity contribution in [1.29, 1.82) is 0 Å².